The Morgan fingerprint density at radius 3 is 2.74 bits per heavy atom. The Bertz CT molecular complexity index is 1430. The lowest BCUT2D eigenvalue weighted by atomic mass is 10.1. The molecule has 0 aliphatic carbocycles. The summed E-state index contributed by atoms with van der Waals surface area (Å²) in [5.74, 6) is -0.490. The number of hydrogen-bond donors (Lipinski definition) is 4. The van der Waals surface area contributed by atoms with Crippen LogP contribution in [-0.4, -0.2) is 34.6 Å². The summed E-state index contributed by atoms with van der Waals surface area (Å²) in [7, 11) is -3.57. The summed E-state index contributed by atoms with van der Waals surface area (Å²) in [6, 6.07) is 9.78. The molecule has 1 aliphatic rings. The number of nitrogens with zero attached hydrogens (tertiary/aromatic N) is 4. The summed E-state index contributed by atoms with van der Waals surface area (Å²) >= 11 is 7.14. The van der Waals surface area contributed by atoms with Crippen LogP contribution < -0.4 is 10.9 Å². The first-order valence-corrected chi connectivity index (χ1v) is 11.6. The van der Waals surface area contributed by atoms with Crippen molar-refractivity contribution in [3.8, 4) is 5.75 Å². The van der Waals surface area contributed by atoms with Gasteiger partial charge in [0.1, 0.15) is 21.9 Å². The molecule has 0 fully saturated rings. The first-order chi connectivity index (χ1) is 14.8. The number of anilines is 1. The van der Waals surface area contributed by atoms with Gasteiger partial charge in [0.2, 0.25) is 0 Å². The van der Waals surface area contributed by atoms with Crippen LogP contribution in [0.4, 0.5) is 5.69 Å². The number of thiazole rings is 1. The quantitative estimate of drug-likeness (QED) is 0.349. The lowest BCUT2D eigenvalue weighted by molar-refractivity contribution is 0.477. The predicted octanol–water partition coefficient (Wildman–Crippen LogP) is 4.16. The Morgan fingerprint density at radius 1 is 1.16 bits per heavy atom. The largest absolute Gasteiger partial charge is 0.506 e. The molecule has 0 amide bonds. The molecule has 0 radical (unpaired) electrons. The maximum atomic E-state index is 13.5. The van der Waals surface area contributed by atoms with Gasteiger partial charge in [-0.05, 0) is 24.3 Å². The van der Waals surface area contributed by atoms with Gasteiger partial charge in [0, 0.05) is 17.3 Å². The molecule has 4 heterocycles. The molecule has 0 atom stereocenters. The number of pyridine rings is 2. The Hall–Kier alpha value is -2.96. The third-order valence-electron chi connectivity index (χ3n) is 4.72. The maximum absolute atomic E-state index is 13.5. The number of aromatic hydroxyl groups is 1. The summed E-state index contributed by atoms with van der Waals surface area (Å²) in [5, 5.41) is 14.2. The zero-order valence-corrected chi connectivity index (χ0v) is 17.9. The van der Waals surface area contributed by atoms with Gasteiger partial charge in [0.25, 0.3) is 5.56 Å². The smallest absolute Gasteiger partial charge is 0.267 e. The van der Waals surface area contributed by atoms with Gasteiger partial charge >= 0.3 is 0 Å². The topological polar surface area (TPSA) is 133 Å². The van der Waals surface area contributed by atoms with Crippen molar-refractivity contribution in [1.82, 2.24) is 14.5 Å². The predicted molar refractivity (Wildman–Crippen MR) is 122 cm³/mol. The number of fused-ring (bicyclic) bond motifs is 2. The second kappa shape index (κ2) is 7.32. The molecule has 5 rings (SSSR count). The average molecular weight is 476 g/mol. The molecule has 158 valence electrons. The van der Waals surface area contributed by atoms with Crippen LogP contribution in [0.2, 0.25) is 4.47 Å². The normalized spacial score (nSPS) is 15.8. The molecule has 0 saturated carbocycles. The number of nitrogens with one attached hydrogen (secondary N) is 1. The number of benzene rings is 1. The average Bonchev–Trinajstić information content (AvgIpc) is 3.16. The molecular weight excluding hydrogens is 462 g/mol. The highest BCUT2D eigenvalue weighted by molar-refractivity contribution is 8.23. The molecule has 0 bridgehead atoms. The molecule has 31 heavy (non-hydrogen) atoms. The molecule has 0 unspecified atom stereocenters. The van der Waals surface area contributed by atoms with Gasteiger partial charge in [0.05, 0.1) is 17.6 Å². The molecule has 12 heteroatoms. The Kier molecular flexibility index (Phi) is 4.72. The van der Waals surface area contributed by atoms with Crippen molar-refractivity contribution < 1.29 is 14.2 Å². The van der Waals surface area contributed by atoms with Crippen LogP contribution in [0.25, 0.3) is 11.0 Å². The summed E-state index contributed by atoms with van der Waals surface area (Å²) in [5.41, 5.74) is -0.139. The number of rotatable bonds is 3. The van der Waals surface area contributed by atoms with Crippen molar-refractivity contribution in [2.75, 3.05) is 5.32 Å². The van der Waals surface area contributed by atoms with E-state index in [-0.39, 0.29) is 34.2 Å². The third-order valence-corrected chi connectivity index (χ3v) is 7.21. The number of aromatic nitrogens is 3. The zero-order chi connectivity index (χ0) is 21.8. The van der Waals surface area contributed by atoms with Gasteiger partial charge in [0.15, 0.2) is 10.3 Å². The van der Waals surface area contributed by atoms with Crippen molar-refractivity contribution in [3.05, 3.63) is 74.1 Å². The van der Waals surface area contributed by atoms with Gasteiger partial charge < -0.3 is 10.4 Å². The molecule has 0 saturated heterocycles. The maximum Gasteiger partial charge on any atom is 0.267 e. The van der Waals surface area contributed by atoms with E-state index in [1.807, 2.05) is 0 Å². The monoisotopic (exact) mass is 475 g/mol. The minimum atomic E-state index is -3.57. The molecule has 4 aromatic rings. The molecule has 1 aromatic carbocycles. The highest BCUT2D eigenvalue weighted by atomic mass is 35.5. The van der Waals surface area contributed by atoms with E-state index in [9.17, 15) is 19.0 Å². The summed E-state index contributed by atoms with van der Waals surface area (Å²) < 4.78 is 26.8. The van der Waals surface area contributed by atoms with Crippen LogP contribution in [0.15, 0.2) is 62.9 Å². The molecule has 9 nitrogen and oxygen atoms in total. The fraction of sp³-hybridized carbons (Fsp3) is 0.0526. The van der Waals surface area contributed by atoms with Crippen LogP contribution in [0, 0.1) is 0 Å². The van der Waals surface area contributed by atoms with Crippen molar-refractivity contribution in [1.29, 1.82) is 0 Å². The lowest BCUT2D eigenvalue weighted by Crippen LogP contribution is -2.32. The summed E-state index contributed by atoms with van der Waals surface area (Å²) in [6.45, 7) is 0.115. The summed E-state index contributed by atoms with van der Waals surface area (Å²) in [6.07, 6.45) is 3.07. The van der Waals surface area contributed by atoms with Crippen LogP contribution >= 0.6 is 33.7 Å². The van der Waals surface area contributed by atoms with Crippen LogP contribution in [0.5, 0.6) is 5.75 Å². The van der Waals surface area contributed by atoms with E-state index in [2.05, 4.69) is 19.7 Å². The minimum absolute atomic E-state index is 0.115. The molecule has 0 spiro atoms. The van der Waals surface area contributed by atoms with Crippen molar-refractivity contribution >= 4 is 56.3 Å². The molecular formula is C19H14ClN5O4S2. The van der Waals surface area contributed by atoms with Gasteiger partial charge in [-0.2, -0.15) is 0 Å². The van der Waals surface area contributed by atoms with E-state index >= 15 is 0 Å². The number of hydrogen-bond acceptors (Lipinski definition) is 9. The number of para-hydroxylation sites is 1. The van der Waals surface area contributed by atoms with E-state index in [0.29, 0.717) is 20.4 Å². The molecule has 3 aromatic heterocycles. The second-order valence-corrected chi connectivity index (χ2v) is 10.0. The van der Waals surface area contributed by atoms with E-state index < -0.39 is 16.3 Å². The fourth-order valence-corrected chi connectivity index (χ4v) is 5.51. The Labute approximate surface area is 185 Å². The van der Waals surface area contributed by atoms with Crippen molar-refractivity contribution in [2.45, 2.75) is 11.4 Å². The Balaban J connectivity index is 1.75. The second-order valence-electron chi connectivity index (χ2n) is 6.65. The van der Waals surface area contributed by atoms with Gasteiger partial charge in [-0.1, -0.05) is 34.5 Å². The first kappa shape index (κ1) is 20.0. The number of halogens is 1. The zero-order valence-electron chi connectivity index (χ0n) is 15.6. The SMILES string of the molecule is O=c1c(C2=NS(O)(O)c3ccccc3N2)c(O)c2cccnc2n1Cc1cnc(Cl)s1. The highest BCUT2D eigenvalue weighted by Gasteiger charge is 2.30. The van der Waals surface area contributed by atoms with E-state index in [4.69, 9.17) is 11.6 Å². The van der Waals surface area contributed by atoms with Crippen molar-refractivity contribution in [2.24, 2.45) is 4.40 Å². The van der Waals surface area contributed by atoms with Crippen LogP contribution in [-0.2, 0) is 6.54 Å². The molecule has 4 N–H and O–H groups in total. The van der Waals surface area contributed by atoms with Gasteiger partial charge in [-0.3, -0.25) is 18.5 Å². The highest BCUT2D eigenvalue weighted by Crippen LogP contribution is 2.55. The third kappa shape index (κ3) is 3.36. The first-order valence-electron chi connectivity index (χ1n) is 8.90. The Morgan fingerprint density at radius 2 is 1.97 bits per heavy atom. The minimum Gasteiger partial charge on any atom is -0.506 e. The van der Waals surface area contributed by atoms with Gasteiger partial charge in [-0.25, -0.2) is 9.97 Å². The van der Waals surface area contributed by atoms with E-state index in [1.165, 1.54) is 28.2 Å². The van der Waals surface area contributed by atoms with E-state index in [1.54, 1.807) is 36.5 Å². The van der Waals surface area contributed by atoms with E-state index in [0.717, 1.165) is 0 Å². The number of amidine groups is 1. The van der Waals surface area contributed by atoms with Crippen LogP contribution in [0.1, 0.15) is 10.4 Å². The molecule has 1 aliphatic heterocycles. The lowest BCUT2D eigenvalue weighted by Gasteiger charge is -2.34. The van der Waals surface area contributed by atoms with Crippen molar-refractivity contribution in [3.63, 3.8) is 0 Å². The fourth-order valence-electron chi connectivity index (χ4n) is 3.38. The standard InChI is InChI=1S/C19H14ClN5O4S2/c20-19-22-8-10(30-19)9-25-17-11(4-3-7-21-17)15(26)14(18(25)27)16-23-12-5-1-2-6-13(12)31(28,29)24-16/h1-8,26,28-29H,9H2,(H,23,24). The summed E-state index contributed by atoms with van der Waals surface area (Å²) in [4.78, 5) is 22.7. The van der Waals surface area contributed by atoms with Gasteiger partial charge in [-0.15, -0.1) is 15.7 Å². The van der Waals surface area contributed by atoms with Crippen LogP contribution in [0.3, 0.4) is 0 Å².